The minimum absolute atomic E-state index is 0.208. The molecule has 0 atom stereocenters. The molecule has 0 radical (unpaired) electrons. The number of nitrogens with zero attached hydrogens (tertiary/aromatic N) is 2. The summed E-state index contributed by atoms with van der Waals surface area (Å²) in [6, 6.07) is 3.74. The number of aromatic nitrogens is 2. The first-order valence-corrected chi connectivity index (χ1v) is 7.73. The van der Waals surface area contributed by atoms with Gasteiger partial charge in [0, 0.05) is 25.8 Å². The van der Waals surface area contributed by atoms with Crippen molar-refractivity contribution in [2.45, 2.75) is 46.1 Å². The van der Waals surface area contributed by atoms with Crippen LogP contribution in [0.1, 0.15) is 37.4 Å². The predicted octanol–water partition coefficient (Wildman–Crippen LogP) is 3.57. The van der Waals surface area contributed by atoms with Crippen molar-refractivity contribution in [3.05, 3.63) is 40.0 Å². The summed E-state index contributed by atoms with van der Waals surface area (Å²) in [6.07, 6.45) is 4.07. The van der Waals surface area contributed by atoms with Crippen molar-refractivity contribution < 1.29 is 9.21 Å². The van der Waals surface area contributed by atoms with E-state index in [1.807, 2.05) is 23.7 Å². The summed E-state index contributed by atoms with van der Waals surface area (Å²) in [5.74, 6) is 1.06. The summed E-state index contributed by atoms with van der Waals surface area (Å²) in [4.78, 5) is 12.1. The van der Waals surface area contributed by atoms with Crippen LogP contribution in [0.4, 0.5) is 0 Å². The number of halogens is 1. The number of hydrogen-bond acceptors (Lipinski definition) is 3. The lowest BCUT2D eigenvalue weighted by Crippen LogP contribution is -2.10. The maximum absolute atomic E-state index is 12.1. The van der Waals surface area contributed by atoms with Crippen molar-refractivity contribution in [2.75, 3.05) is 0 Å². The quantitative estimate of drug-likeness (QED) is 0.775. The zero-order valence-corrected chi connectivity index (χ0v) is 13.4. The molecule has 5 heteroatoms. The highest BCUT2D eigenvalue weighted by Gasteiger charge is 2.16. The molecule has 0 aliphatic rings. The summed E-state index contributed by atoms with van der Waals surface area (Å²) in [6.45, 7) is 4.88. The van der Waals surface area contributed by atoms with Crippen LogP contribution < -0.4 is 0 Å². The summed E-state index contributed by atoms with van der Waals surface area (Å²) in [5, 5.41) is 4.51. The second-order valence-electron chi connectivity index (χ2n) is 4.67. The van der Waals surface area contributed by atoms with Gasteiger partial charge in [0.2, 0.25) is 0 Å². The number of rotatable bonds is 7. The average molecular weight is 339 g/mol. The topological polar surface area (TPSA) is 48.0 Å². The highest BCUT2D eigenvalue weighted by Crippen LogP contribution is 2.23. The maximum Gasteiger partial charge on any atom is 0.139 e. The van der Waals surface area contributed by atoms with Gasteiger partial charge in [-0.1, -0.05) is 6.92 Å². The van der Waals surface area contributed by atoms with E-state index < -0.39 is 0 Å². The third kappa shape index (κ3) is 3.39. The minimum Gasteiger partial charge on any atom is -0.469 e. The SMILES string of the molecule is CCc1nn(CC)c(CC(=O)CCc2ccco2)c1Br. The highest BCUT2D eigenvalue weighted by atomic mass is 79.9. The van der Waals surface area contributed by atoms with Crippen molar-refractivity contribution in [3.8, 4) is 0 Å². The summed E-state index contributed by atoms with van der Waals surface area (Å²) in [7, 11) is 0. The van der Waals surface area contributed by atoms with Crippen LogP contribution in [0.25, 0.3) is 0 Å². The molecule has 0 N–H and O–H groups in total. The van der Waals surface area contributed by atoms with Gasteiger partial charge in [0.25, 0.3) is 0 Å². The number of furan rings is 1. The van der Waals surface area contributed by atoms with Gasteiger partial charge in [-0.3, -0.25) is 9.48 Å². The molecular weight excluding hydrogens is 320 g/mol. The van der Waals surface area contributed by atoms with E-state index in [1.54, 1.807) is 6.26 Å². The fraction of sp³-hybridized carbons (Fsp3) is 0.467. The fourth-order valence-corrected chi connectivity index (χ4v) is 2.88. The lowest BCUT2D eigenvalue weighted by atomic mass is 10.1. The Balaban J connectivity index is 2.01. The van der Waals surface area contributed by atoms with Gasteiger partial charge in [-0.15, -0.1) is 0 Å². The van der Waals surface area contributed by atoms with Gasteiger partial charge < -0.3 is 4.42 Å². The Bertz CT molecular complexity index is 573. The van der Waals surface area contributed by atoms with Gasteiger partial charge in [-0.05, 0) is 41.4 Å². The number of aryl methyl sites for hydroxylation is 3. The van der Waals surface area contributed by atoms with Crippen LogP contribution in [0, 0.1) is 0 Å². The standard InChI is InChI=1S/C15H19BrN2O2/c1-3-13-15(16)14(18(4-2)17-13)10-11(19)7-8-12-6-5-9-20-12/h5-6,9H,3-4,7-8,10H2,1-2H3. The first kappa shape index (κ1) is 15.0. The van der Waals surface area contributed by atoms with Crippen LogP contribution in [-0.4, -0.2) is 15.6 Å². The number of hydrogen-bond donors (Lipinski definition) is 0. The third-order valence-corrected chi connectivity index (χ3v) is 4.20. The highest BCUT2D eigenvalue weighted by molar-refractivity contribution is 9.10. The molecular formula is C15H19BrN2O2. The molecule has 2 aromatic heterocycles. The van der Waals surface area contributed by atoms with E-state index in [1.165, 1.54) is 0 Å². The number of carbonyl (C=O) groups excluding carboxylic acids is 1. The molecule has 0 amide bonds. The Morgan fingerprint density at radius 3 is 2.85 bits per heavy atom. The van der Waals surface area contributed by atoms with Gasteiger partial charge in [0.1, 0.15) is 11.5 Å². The van der Waals surface area contributed by atoms with E-state index in [0.29, 0.717) is 19.3 Å². The first-order chi connectivity index (χ1) is 9.65. The molecule has 0 bridgehead atoms. The van der Waals surface area contributed by atoms with Crippen LogP contribution in [0.3, 0.4) is 0 Å². The molecule has 0 saturated carbocycles. The Kier molecular flexibility index (Phi) is 5.17. The lowest BCUT2D eigenvalue weighted by Gasteiger charge is -2.04. The van der Waals surface area contributed by atoms with Gasteiger partial charge in [-0.25, -0.2) is 0 Å². The molecule has 2 rings (SSSR count). The van der Waals surface area contributed by atoms with Crippen molar-refractivity contribution in [1.29, 1.82) is 0 Å². The van der Waals surface area contributed by atoms with Gasteiger partial charge >= 0.3 is 0 Å². The van der Waals surface area contributed by atoms with Crippen LogP contribution >= 0.6 is 15.9 Å². The molecule has 0 saturated heterocycles. The second-order valence-corrected chi connectivity index (χ2v) is 5.46. The number of carbonyl (C=O) groups is 1. The van der Waals surface area contributed by atoms with Gasteiger partial charge in [0.05, 0.1) is 22.1 Å². The third-order valence-electron chi connectivity index (χ3n) is 3.29. The van der Waals surface area contributed by atoms with E-state index in [0.717, 1.165) is 34.6 Å². The first-order valence-electron chi connectivity index (χ1n) is 6.93. The minimum atomic E-state index is 0.208. The number of ketones is 1. The maximum atomic E-state index is 12.1. The fourth-order valence-electron chi connectivity index (χ4n) is 2.18. The van der Waals surface area contributed by atoms with E-state index >= 15 is 0 Å². The molecule has 0 aliphatic heterocycles. The molecule has 4 nitrogen and oxygen atoms in total. The molecule has 0 fully saturated rings. The van der Waals surface area contributed by atoms with Gasteiger partial charge in [0.15, 0.2) is 0 Å². The molecule has 0 unspecified atom stereocenters. The Morgan fingerprint density at radius 1 is 1.45 bits per heavy atom. The Morgan fingerprint density at radius 2 is 2.25 bits per heavy atom. The van der Waals surface area contributed by atoms with Crippen molar-refractivity contribution in [2.24, 2.45) is 0 Å². The lowest BCUT2D eigenvalue weighted by molar-refractivity contribution is -0.118. The monoisotopic (exact) mass is 338 g/mol. The van der Waals surface area contributed by atoms with E-state index in [2.05, 4.69) is 28.0 Å². The summed E-state index contributed by atoms with van der Waals surface area (Å²) < 4.78 is 8.14. The normalized spacial score (nSPS) is 10.9. The van der Waals surface area contributed by atoms with E-state index in [9.17, 15) is 4.79 Å². The summed E-state index contributed by atoms with van der Waals surface area (Å²) in [5.41, 5.74) is 1.99. The van der Waals surface area contributed by atoms with Crippen molar-refractivity contribution in [3.63, 3.8) is 0 Å². The average Bonchev–Trinajstić information content (AvgIpc) is 3.06. The Hall–Kier alpha value is -1.36. The molecule has 0 spiro atoms. The number of Topliss-reactive ketones (excluding diaryl/α,β-unsaturated/α-hetero) is 1. The summed E-state index contributed by atoms with van der Waals surface area (Å²) >= 11 is 3.57. The molecule has 0 aromatic carbocycles. The predicted molar refractivity (Wildman–Crippen MR) is 80.7 cm³/mol. The van der Waals surface area contributed by atoms with Crippen LogP contribution in [0.2, 0.25) is 0 Å². The molecule has 108 valence electrons. The van der Waals surface area contributed by atoms with Crippen LogP contribution in [0.5, 0.6) is 0 Å². The van der Waals surface area contributed by atoms with Crippen molar-refractivity contribution >= 4 is 21.7 Å². The van der Waals surface area contributed by atoms with E-state index in [4.69, 9.17) is 4.42 Å². The molecule has 2 heterocycles. The molecule has 2 aromatic rings. The smallest absolute Gasteiger partial charge is 0.139 e. The van der Waals surface area contributed by atoms with E-state index in [-0.39, 0.29) is 5.78 Å². The van der Waals surface area contributed by atoms with Crippen LogP contribution in [-0.2, 0) is 30.6 Å². The second kappa shape index (κ2) is 6.88. The zero-order chi connectivity index (χ0) is 14.5. The van der Waals surface area contributed by atoms with Crippen LogP contribution in [0.15, 0.2) is 27.3 Å². The van der Waals surface area contributed by atoms with Gasteiger partial charge in [-0.2, -0.15) is 5.10 Å². The largest absolute Gasteiger partial charge is 0.469 e. The van der Waals surface area contributed by atoms with Crippen molar-refractivity contribution in [1.82, 2.24) is 9.78 Å². The zero-order valence-electron chi connectivity index (χ0n) is 11.9. The molecule has 0 aliphatic carbocycles. The Labute approximate surface area is 127 Å². The molecule has 20 heavy (non-hydrogen) atoms.